The Kier molecular flexibility index (Phi) is 8.66. The molecule has 1 aromatic carbocycles. The minimum Gasteiger partial charge on any atom is -0.376 e. The zero-order valence-electron chi connectivity index (χ0n) is 16.6. The van der Waals surface area contributed by atoms with Crippen molar-refractivity contribution in [1.82, 2.24) is 15.5 Å². The van der Waals surface area contributed by atoms with Gasteiger partial charge in [0.05, 0.1) is 25.3 Å². The number of benzene rings is 1. The van der Waals surface area contributed by atoms with Crippen molar-refractivity contribution in [1.29, 1.82) is 0 Å². The summed E-state index contributed by atoms with van der Waals surface area (Å²) in [5.41, 5.74) is 0.363. The molecule has 0 aromatic heterocycles. The van der Waals surface area contributed by atoms with Gasteiger partial charge in [-0.3, -0.25) is 14.5 Å². The van der Waals surface area contributed by atoms with E-state index in [0.717, 1.165) is 0 Å². The summed E-state index contributed by atoms with van der Waals surface area (Å²) in [7, 11) is 0. The molecule has 1 aliphatic rings. The van der Waals surface area contributed by atoms with Gasteiger partial charge in [0.1, 0.15) is 5.82 Å². The first-order chi connectivity index (χ1) is 13.3. The lowest BCUT2D eigenvalue weighted by molar-refractivity contribution is -0.128. The van der Waals surface area contributed by atoms with E-state index in [1.807, 2.05) is 20.8 Å². The average Bonchev–Trinajstić information content (AvgIpc) is 2.67. The third-order valence-electron chi connectivity index (χ3n) is 5.02. The summed E-state index contributed by atoms with van der Waals surface area (Å²) < 4.78 is 20.1. The van der Waals surface area contributed by atoms with E-state index in [4.69, 9.17) is 16.3 Å². The average molecular weight is 414 g/mol. The lowest BCUT2D eigenvalue weighted by Crippen LogP contribution is -2.48. The van der Waals surface area contributed by atoms with Gasteiger partial charge < -0.3 is 15.4 Å². The minimum atomic E-state index is -0.422. The Bertz CT molecular complexity index is 668. The molecule has 0 radical (unpaired) electrons. The fourth-order valence-corrected chi connectivity index (χ4v) is 3.46. The minimum absolute atomic E-state index is 0.00678. The molecule has 0 saturated carbocycles. The van der Waals surface area contributed by atoms with Gasteiger partial charge >= 0.3 is 0 Å². The van der Waals surface area contributed by atoms with E-state index in [1.54, 1.807) is 12.1 Å². The molecule has 1 heterocycles. The molecule has 2 amide bonds. The number of rotatable bonds is 8. The number of hydrogen-bond acceptors (Lipinski definition) is 4. The summed E-state index contributed by atoms with van der Waals surface area (Å²) in [5, 5.41) is 5.74. The highest BCUT2D eigenvalue weighted by atomic mass is 35.5. The predicted octanol–water partition coefficient (Wildman–Crippen LogP) is 2.52. The Morgan fingerprint density at radius 1 is 1.39 bits per heavy atom. The van der Waals surface area contributed by atoms with Gasteiger partial charge in [0.2, 0.25) is 11.8 Å². The van der Waals surface area contributed by atoms with Crippen molar-refractivity contribution >= 4 is 23.4 Å². The molecule has 0 bridgehead atoms. The van der Waals surface area contributed by atoms with Gasteiger partial charge in [0.25, 0.3) is 0 Å². The van der Waals surface area contributed by atoms with E-state index < -0.39 is 11.9 Å². The molecule has 2 rings (SSSR count). The Hall–Kier alpha value is -1.70. The van der Waals surface area contributed by atoms with Crippen LogP contribution < -0.4 is 10.6 Å². The second kappa shape index (κ2) is 10.7. The maximum atomic E-state index is 14.5. The van der Waals surface area contributed by atoms with Crippen molar-refractivity contribution in [2.45, 2.75) is 39.3 Å². The van der Waals surface area contributed by atoms with Gasteiger partial charge in [-0.25, -0.2) is 4.39 Å². The predicted molar refractivity (Wildman–Crippen MR) is 107 cm³/mol. The van der Waals surface area contributed by atoms with Crippen LogP contribution >= 0.6 is 11.6 Å². The molecule has 6 nitrogen and oxygen atoms in total. The van der Waals surface area contributed by atoms with Crippen LogP contribution in [0.3, 0.4) is 0 Å². The molecule has 2 N–H and O–H groups in total. The van der Waals surface area contributed by atoms with Crippen LogP contribution in [0.2, 0.25) is 5.02 Å². The molecule has 0 aliphatic carbocycles. The summed E-state index contributed by atoms with van der Waals surface area (Å²) in [6.45, 7) is 7.50. The molecule has 1 fully saturated rings. The van der Waals surface area contributed by atoms with Crippen LogP contribution in [0.15, 0.2) is 18.2 Å². The number of hydrogen-bond donors (Lipinski definition) is 2. The second-order valence-electron chi connectivity index (χ2n) is 7.16. The number of halogens is 2. The van der Waals surface area contributed by atoms with Crippen LogP contribution in [-0.2, 0) is 14.3 Å². The number of amides is 2. The van der Waals surface area contributed by atoms with E-state index in [-0.39, 0.29) is 36.9 Å². The summed E-state index contributed by atoms with van der Waals surface area (Å²) in [4.78, 5) is 26.1. The van der Waals surface area contributed by atoms with Crippen molar-refractivity contribution in [2.75, 3.05) is 32.8 Å². The van der Waals surface area contributed by atoms with Gasteiger partial charge in [-0.15, -0.1) is 0 Å². The summed E-state index contributed by atoms with van der Waals surface area (Å²) in [5.74, 6) is -1.03. The van der Waals surface area contributed by atoms with Gasteiger partial charge in [-0.2, -0.15) is 0 Å². The van der Waals surface area contributed by atoms with Crippen LogP contribution in [0.4, 0.5) is 4.39 Å². The van der Waals surface area contributed by atoms with Crippen LogP contribution in [0.1, 0.15) is 38.8 Å². The topological polar surface area (TPSA) is 70.7 Å². The lowest BCUT2D eigenvalue weighted by atomic mass is 10.0. The van der Waals surface area contributed by atoms with E-state index >= 15 is 0 Å². The quantitative estimate of drug-likeness (QED) is 0.687. The lowest BCUT2D eigenvalue weighted by Gasteiger charge is -2.38. The summed E-state index contributed by atoms with van der Waals surface area (Å²) >= 11 is 6.28. The molecule has 3 unspecified atom stereocenters. The number of carbonyl (C=O) groups is 2. The third-order valence-corrected chi connectivity index (χ3v) is 5.35. The van der Waals surface area contributed by atoms with Crippen molar-refractivity contribution in [2.24, 2.45) is 5.92 Å². The highest BCUT2D eigenvalue weighted by Crippen LogP contribution is 2.31. The number of carbonyl (C=O) groups excluding carboxylic acids is 2. The molecule has 28 heavy (non-hydrogen) atoms. The largest absolute Gasteiger partial charge is 0.376 e. The van der Waals surface area contributed by atoms with E-state index in [9.17, 15) is 14.0 Å². The first-order valence-corrected chi connectivity index (χ1v) is 10.0. The second-order valence-corrected chi connectivity index (χ2v) is 7.57. The number of nitrogens with one attached hydrogen (secondary N) is 2. The van der Waals surface area contributed by atoms with E-state index in [2.05, 4.69) is 15.5 Å². The highest BCUT2D eigenvalue weighted by molar-refractivity contribution is 6.31. The number of ether oxygens (including phenoxy) is 1. The van der Waals surface area contributed by atoms with Gasteiger partial charge in [0.15, 0.2) is 0 Å². The zero-order chi connectivity index (χ0) is 20.7. The van der Waals surface area contributed by atoms with E-state index in [0.29, 0.717) is 36.7 Å². The van der Waals surface area contributed by atoms with Crippen molar-refractivity contribution in [3.05, 3.63) is 34.6 Å². The maximum absolute atomic E-state index is 14.5. The van der Waals surface area contributed by atoms with Crippen molar-refractivity contribution < 1.29 is 18.7 Å². The smallest absolute Gasteiger partial charge is 0.239 e. The Labute approximate surface area is 170 Å². The fraction of sp³-hybridized carbons (Fsp3) is 0.600. The normalized spacial score (nSPS) is 19.7. The number of nitrogens with zero attached hydrogens (tertiary/aromatic N) is 1. The van der Waals surface area contributed by atoms with Crippen LogP contribution in [0, 0.1) is 11.7 Å². The first-order valence-electron chi connectivity index (χ1n) is 9.67. The zero-order valence-corrected chi connectivity index (χ0v) is 17.4. The molecule has 1 aliphatic heterocycles. The maximum Gasteiger partial charge on any atom is 0.239 e. The Morgan fingerprint density at radius 3 is 2.79 bits per heavy atom. The van der Waals surface area contributed by atoms with Gasteiger partial charge in [0, 0.05) is 36.1 Å². The van der Waals surface area contributed by atoms with Gasteiger partial charge in [-0.1, -0.05) is 31.5 Å². The van der Waals surface area contributed by atoms with Crippen LogP contribution in [0.25, 0.3) is 0 Å². The molecule has 0 spiro atoms. The standard InChI is InChI=1S/C20H29ClFN3O3/c1-4-13(2)20(27)24-11-18(26)23-10-17(25-8-9-28-14(3)12-25)19-15(21)6-5-7-16(19)22/h5-7,13-14,17H,4,8-12H2,1-3H3,(H,23,26)(H,24,27). The molecule has 1 aromatic rings. The van der Waals surface area contributed by atoms with Crippen molar-refractivity contribution in [3.8, 4) is 0 Å². The van der Waals surface area contributed by atoms with Crippen LogP contribution in [0.5, 0.6) is 0 Å². The molecular formula is C20H29ClFN3O3. The van der Waals surface area contributed by atoms with Crippen LogP contribution in [-0.4, -0.2) is 55.6 Å². The third kappa shape index (κ3) is 6.15. The number of morpholine rings is 1. The van der Waals surface area contributed by atoms with Crippen molar-refractivity contribution in [3.63, 3.8) is 0 Å². The molecular weight excluding hydrogens is 385 g/mol. The summed E-state index contributed by atoms with van der Waals surface area (Å²) in [6.07, 6.45) is 0.712. The Balaban J connectivity index is 2.06. The fourth-order valence-electron chi connectivity index (χ4n) is 3.17. The monoisotopic (exact) mass is 413 g/mol. The molecule has 1 saturated heterocycles. The summed E-state index contributed by atoms with van der Waals surface area (Å²) in [6, 6.07) is 4.15. The molecule has 3 atom stereocenters. The van der Waals surface area contributed by atoms with E-state index in [1.165, 1.54) is 6.07 Å². The first kappa shape index (κ1) is 22.6. The highest BCUT2D eigenvalue weighted by Gasteiger charge is 2.29. The molecule has 8 heteroatoms. The molecule has 156 valence electrons. The Morgan fingerprint density at radius 2 is 2.14 bits per heavy atom. The SMILES string of the molecule is CCC(C)C(=O)NCC(=O)NCC(c1c(F)cccc1Cl)N1CCOC(C)C1. The van der Waals surface area contributed by atoms with Gasteiger partial charge in [-0.05, 0) is 25.5 Å².